The molecule has 2 unspecified atom stereocenters. The zero-order valence-electron chi connectivity index (χ0n) is 37.0. The molecule has 58 heavy (non-hydrogen) atoms. The SMILES string of the molecule is C1=CCC/C=C\CC1.C=C(C)CC(=O)OC.COC(=O)CC(C)C.C[PH+](c1ccccc1[PH+](C)C(C)(C)C)C(C)(C)C.O=C=O.O=C=O.[CH3-].[CH3-].[F-].[F][Sb]([F])([F])([F])[F].[Rh+3]. The number of carbonyl (C=O) groups excluding carboxylic acids is 6. The monoisotopic (exact) mass is 1080 g/mol. The van der Waals surface area contributed by atoms with Gasteiger partial charge in [0.25, 0.3) is 0 Å². The Morgan fingerprint density at radius 3 is 1.10 bits per heavy atom. The summed E-state index contributed by atoms with van der Waals surface area (Å²) in [7, 11) is 1.79. The Hall–Kier alpha value is -1.98. The zero-order valence-corrected chi connectivity index (χ0v) is 43.2. The Kier molecular flexibility index (Phi) is 55.2. The number of halogens is 6. The van der Waals surface area contributed by atoms with Gasteiger partial charge in [-0.1, -0.05) is 62.4 Å². The third-order valence-corrected chi connectivity index (χ3v) is 14.0. The van der Waals surface area contributed by atoms with E-state index in [4.69, 9.17) is 19.2 Å². The maximum Gasteiger partial charge on any atom is 3.00 e. The number of benzene rings is 1. The molecule has 0 aromatic heterocycles. The van der Waals surface area contributed by atoms with Crippen molar-refractivity contribution >= 4 is 71.0 Å². The number of allylic oxidation sites excluding steroid dienone is 4. The van der Waals surface area contributed by atoms with E-state index in [0.717, 1.165) is 5.57 Å². The molecule has 0 bridgehead atoms. The topological polar surface area (TPSA) is 121 Å². The van der Waals surface area contributed by atoms with E-state index in [1.807, 2.05) is 13.8 Å². The van der Waals surface area contributed by atoms with Crippen LogP contribution in [0.1, 0.15) is 101 Å². The van der Waals surface area contributed by atoms with Crippen LogP contribution in [0.5, 0.6) is 0 Å². The average molecular weight is 1080 g/mol. The third kappa shape index (κ3) is 63.2. The van der Waals surface area contributed by atoms with E-state index < -0.39 is 36.1 Å². The van der Waals surface area contributed by atoms with E-state index in [9.17, 15) is 23.7 Å². The van der Waals surface area contributed by atoms with Crippen LogP contribution >= 0.6 is 15.8 Å². The van der Waals surface area contributed by atoms with Gasteiger partial charge in [0, 0.05) is 22.3 Å². The molecule has 0 aliphatic heterocycles. The van der Waals surface area contributed by atoms with Gasteiger partial charge in [-0.3, -0.25) is 9.59 Å². The number of esters is 2. The standard InChI is InChI=1S/C16H28P2.C8H12.C6H12O2.C6H10O2.2CO2.2CH3.6FH.Rh.Sb/c1-15(2,3)17(7)13-11-9-10-12-14(13)18(8)16(4,5)6;1-2-4-6-8-7-5-3-1;2*1-5(2)4-6(7)8-3;2*2-1-3;;;;;;;;;;/h9-12H,1-8H3;1-2,7-8H,3-6H2;5H,4H2,1-3H3;1,4H2,2-3H3;;;2*1H3;6*1H;;/q;;;;;;2*-1;;;;;;;+3;+5/p-4/b;2-1-,8-7?;;;;;;;;;;;;;;. The van der Waals surface area contributed by atoms with E-state index in [-0.39, 0.29) is 63.3 Å². The second-order valence-electron chi connectivity index (χ2n) is 14.1. The van der Waals surface area contributed by atoms with Crippen molar-refractivity contribution in [3.05, 3.63) is 75.6 Å². The minimum atomic E-state index is -9.19. The van der Waals surface area contributed by atoms with E-state index in [1.165, 1.54) is 39.9 Å². The summed E-state index contributed by atoms with van der Waals surface area (Å²) in [6, 6.07) is 9.21. The maximum absolute atomic E-state index is 10.4. The molecule has 0 saturated heterocycles. The van der Waals surface area contributed by atoms with Crippen LogP contribution < -0.4 is 15.3 Å². The molecule has 2 atom stereocenters. The number of carbonyl (C=O) groups is 2. The predicted molar refractivity (Wildman–Crippen MR) is 227 cm³/mol. The molecule has 8 nitrogen and oxygen atoms in total. The van der Waals surface area contributed by atoms with Crippen LogP contribution in [-0.4, -0.2) is 82.4 Å². The second-order valence-corrected chi connectivity index (χ2v) is 24.3. The van der Waals surface area contributed by atoms with E-state index in [1.54, 1.807) is 17.5 Å². The first-order valence-electron chi connectivity index (χ1n) is 16.9. The summed E-state index contributed by atoms with van der Waals surface area (Å²) in [5, 5.41) is 4.20. The Balaban J connectivity index is -0.0000000741. The van der Waals surface area contributed by atoms with Crippen molar-refractivity contribution in [3.8, 4) is 0 Å². The van der Waals surface area contributed by atoms with Crippen LogP contribution in [0.4, 0.5) is 14.1 Å². The minimum absolute atomic E-state index is 0. The molecular formula is C40H70F6O8P2RhSb+2. The summed E-state index contributed by atoms with van der Waals surface area (Å²) in [5.74, 6) is 0.0555. The quantitative estimate of drug-likeness (QED) is 0.0711. The summed E-state index contributed by atoms with van der Waals surface area (Å²) in [4.78, 5) is 53.2. The van der Waals surface area contributed by atoms with Crippen molar-refractivity contribution in [2.75, 3.05) is 27.5 Å². The minimum Gasteiger partial charge on any atom is 3.00 e. The number of ether oxygens (including phenoxy) is 2. The molecule has 0 amide bonds. The summed E-state index contributed by atoms with van der Waals surface area (Å²) < 4.78 is 58.3. The number of hydrogen-bond donors (Lipinski definition) is 0. The number of rotatable bonds is 6. The molecular weight excluding hydrogens is 1010 g/mol. The molecule has 1 aromatic rings. The van der Waals surface area contributed by atoms with Crippen LogP contribution in [0.3, 0.4) is 0 Å². The second kappa shape index (κ2) is 41.7. The van der Waals surface area contributed by atoms with Crippen molar-refractivity contribution in [1.82, 2.24) is 0 Å². The van der Waals surface area contributed by atoms with Gasteiger partial charge in [-0.05, 0) is 92.2 Å². The molecule has 342 valence electrons. The zero-order chi connectivity index (χ0) is 43.8. The van der Waals surface area contributed by atoms with Gasteiger partial charge in [-0.2, -0.15) is 19.2 Å². The summed E-state index contributed by atoms with van der Waals surface area (Å²) >= 11 is -9.19. The smallest absolute Gasteiger partial charge is 3.00 e. The van der Waals surface area contributed by atoms with Crippen LogP contribution in [0.25, 0.3) is 0 Å². The normalized spacial score (nSPS) is 13.1. The van der Waals surface area contributed by atoms with Crippen molar-refractivity contribution < 1.29 is 76.5 Å². The van der Waals surface area contributed by atoms with Gasteiger partial charge in [-0.25, -0.2) is 0 Å². The van der Waals surface area contributed by atoms with E-state index >= 15 is 0 Å². The van der Waals surface area contributed by atoms with Gasteiger partial charge in [-0.15, -0.1) is 0 Å². The van der Waals surface area contributed by atoms with Crippen LogP contribution in [0.2, 0.25) is 0 Å². The fourth-order valence-corrected chi connectivity index (χ4v) is 7.94. The van der Waals surface area contributed by atoms with Crippen LogP contribution in [-0.2, 0) is 57.7 Å². The van der Waals surface area contributed by atoms with Crippen molar-refractivity contribution in [2.24, 2.45) is 5.92 Å². The van der Waals surface area contributed by atoms with Gasteiger partial charge >= 0.3 is 78.1 Å². The molecule has 1 aliphatic rings. The van der Waals surface area contributed by atoms with Gasteiger partial charge < -0.3 is 29.0 Å². The molecule has 0 radical (unpaired) electrons. The Morgan fingerprint density at radius 1 is 0.724 bits per heavy atom. The van der Waals surface area contributed by atoms with Crippen LogP contribution in [0, 0.1) is 20.8 Å². The summed E-state index contributed by atoms with van der Waals surface area (Å²) in [6.45, 7) is 28.6. The largest absolute Gasteiger partial charge is 3.00 e. The van der Waals surface area contributed by atoms with Gasteiger partial charge in [0.15, 0.2) is 0 Å². The average Bonchev–Trinajstić information content (AvgIpc) is 2.99. The van der Waals surface area contributed by atoms with E-state index in [0.29, 0.717) is 29.1 Å². The van der Waals surface area contributed by atoms with Gasteiger partial charge in [0.05, 0.1) is 44.3 Å². The molecule has 0 saturated carbocycles. The van der Waals surface area contributed by atoms with Crippen LogP contribution in [0.15, 0.2) is 60.7 Å². The fourth-order valence-electron chi connectivity index (χ4n) is 3.54. The van der Waals surface area contributed by atoms with Gasteiger partial charge in [0.2, 0.25) is 0 Å². The van der Waals surface area contributed by atoms with Crippen molar-refractivity contribution in [1.29, 1.82) is 0 Å². The predicted octanol–water partition coefficient (Wildman–Crippen LogP) is 7.68. The first-order chi connectivity index (χ1) is 24.4. The maximum atomic E-state index is 10.4. The Labute approximate surface area is 365 Å². The molecule has 1 aromatic carbocycles. The number of methoxy groups -OCH3 is 2. The number of hydrogen-bond acceptors (Lipinski definition) is 8. The molecule has 2 rings (SSSR count). The first kappa shape index (κ1) is 76.7. The summed E-state index contributed by atoms with van der Waals surface area (Å²) in [6.07, 6.45) is 15.4. The molecule has 0 spiro atoms. The molecule has 18 heteroatoms. The first-order valence-corrected chi connectivity index (χ1v) is 25.7. The van der Waals surface area contributed by atoms with Crippen molar-refractivity contribution in [2.45, 2.75) is 111 Å². The Bertz CT molecular complexity index is 1240. The Morgan fingerprint density at radius 2 is 0.966 bits per heavy atom. The molecule has 1 aliphatic carbocycles. The molecule has 0 fully saturated rings. The van der Waals surface area contributed by atoms with Crippen molar-refractivity contribution in [3.63, 3.8) is 0 Å². The van der Waals surface area contributed by atoms with E-state index in [2.05, 4.69) is 119 Å². The molecule has 0 heterocycles. The third-order valence-electron chi connectivity index (χ3n) is 6.79. The fraction of sp³-hybridized carbons (Fsp3) is 0.550. The molecule has 0 N–H and O–H groups in total. The van der Waals surface area contributed by atoms with Gasteiger partial charge in [0.1, 0.15) is 10.6 Å². The summed E-state index contributed by atoms with van der Waals surface area (Å²) in [5.41, 5.74) is 0.830.